The van der Waals surface area contributed by atoms with Crippen LogP contribution in [0.3, 0.4) is 0 Å². The second-order valence-corrected chi connectivity index (χ2v) is 4.00. The van der Waals surface area contributed by atoms with Crippen molar-refractivity contribution in [1.29, 1.82) is 0 Å². The van der Waals surface area contributed by atoms with Crippen LogP contribution in [-0.4, -0.2) is 16.4 Å². The average Bonchev–Trinajstić information content (AvgIpc) is 2.70. The first-order valence-electron chi connectivity index (χ1n) is 3.74. The maximum Gasteiger partial charge on any atom is 0.399 e. The first kappa shape index (κ1) is 9.05. The number of nitrogens with zero attached hydrogens (tertiary/aromatic N) is 1. The van der Waals surface area contributed by atoms with Gasteiger partial charge >= 0.3 is 6.18 Å². The molecule has 0 unspecified atom stereocenters. The highest BCUT2D eigenvalue weighted by atomic mass is 79.9. The van der Waals surface area contributed by atoms with Gasteiger partial charge in [0.2, 0.25) is 0 Å². The minimum atomic E-state index is -4.17. The number of H-pyrrole nitrogens is 1. The van der Waals surface area contributed by atoms with E-state index in [2.05, 4.69) is 26.1 Å². The number of alkyl halides is 3. The van der Waals surface area contributed by atoms with Gasteiger partial charge in [-0.3, -0.25) is 5.10 Å². The Balaban J connectivity index is 2.36. The van der Waals surface area contributed by atoms with Crippen LogP contribution < -0.4 is 0 Å². The number of halogens is 4. The second-order valence-electron chi connectivity index (χ2n) is 3.18. The lowest BCUT2D eigenvalue weighted by molar-refractivity contribution is -0.161. The van der Waals surface area contributed by atoms with Gasteiger partial charge in [-0.1, -0.05) is 0 Å². The van der Waals surface area contributed by atoms with Crippen molar-refractivity contribution in [1.82, 2.24) is 10.2 Å². The van der Waals surface area contributed by atoms with Crippen molar-refractivity contribution in [3.8, 4) is 0 Å². The molecule has 1 aliphatic carbocycles. The predicted molar refractivity (Wildman–Crippen MR) is 43.3 cm³/mol. The summed E-state index contributed by atoms with van der Waals surface area (Å²) in [5.74, 6) is 0. The highest BCUT2D eigenvalue weighted by Crippen LogP contribution is 2.58. The van der Waals surface area contributed by atoms with Gasteiger partial charge in [0.1, 0.15) is 10.0 Å². The van der Waals surface area contributed by atoms with E-state index in [4.69, 9.17) is 0 Å². The molecule has 0 amide bonds. The van der Waals surface area contributed by atoms with Crippen molar-refractivity contribution in [2.75, 3.05) is 0 Å². The van der Waals surface area contributed by atoms with Crippen molar-refractivity contribution < 1.29 is 13.2 Å². The van der Waals surface area contributed by atoms with Crippen LogP contribution >= 0.6 is 15.9 Å². The molecule has 2 nitrogen and oxygen atoms in total. The Bertz CT molecular complexity index is 327. The van der Waals surface area contributed by atoms with Gasteiger partial charge in [0.05, 0.1) is 5.69 Å². The molecule has 1 saturated carbocycles. The van der Waals surface area contributed by atoms with Gasteiger partial charge in [-0.25, -0.2) is 0 Å². The number of aromatic amines is 1. The van der Waals surface area contributed by atoms with Crippen LogP contribution in [0, 0.1) is 0 Å². The van der Waals surface area contributed by atoms with E-state index < -0.39 is 11.6 Å². The van der Waals surface area contributed by atoms with E-state index in [0.717, 1.165) is 0 Å². The van der Waals surface area contributed by atoms with E-state index in [1.165, 1.54) is 6.07 Å². The summed E-state index contributed by atoms with van der Waals surface area (Å²) in [6.07, 6.45) is -3.85. The van der Waals surface area contributed by atoms with Crippen LogP contribution in [-0.2, 0) is 5.41 Å². The Morgan fingerprint density at radius 2 is 2.08 bits per heavy atom. The zero-order valence-corrected chi connectivity index (χ0v) is 8.04. The fraction of sp³-hybridized carbons (Fsp3) is 0.571. The molecule has 72 valence electrons. The molecule has 0 atom stereocenters. The fourth-order valence-corrected chi connectivity index (χ4v) is 1.69. The van der Waals surface area contributed by atoms with Crippen LogP contribution in [0.4, 0.5) is 13.2 Å². The van der Waals surface area contributed by atoms with Gasteiger partial charge in [0.15, 0.2) is 0 Å². The summed E-state index contributed by atoms with van der Waals surface area (Å²) in [6.45, 7) is 0. The molecule has 6 heteroatoms. The van der Waals surface area contributed by atoms with E-state index in [-0.39, 0.29) is 18.5 Å². The zero-order valence-electron chi connectivity index (χ0n) is 6.45. The van der Waals surface area contributed by atoms with E-state index in [1.54, 1.807) is 0 Å². The molecule has 0 radical (unpaired) electrons. The van der Waals surface area contributed by atoms with Crippen LogP contribution in [0.5, 0.6) is 0 Å². The van der Waals surface area contributed by atoms with E-state index in [0.29, 0.717) is 4.60 Å². The molecule has 1 aromatic heterocycles. The highest BCUT2D eigenvalue weighted by molar-refractivity contribution is 9.10. The second kappa shape index (κ2) is 2.50. The Morgan fingerprint density at radius 1 is 1.46 bits per heavy atom. The SMILES string of the molecule is FC(F)(F)C1(c2cc(Br)n[nH]2)CC1. The zero-order chi connectivity index (χ0) is 9.69. The molecule has 0 aliphatic heterocycles. The number of rotatable bonds is 1. The maximum atomic E-state index is 12.5. The Hall–Kier alpha value is -0.520. The van der Waals surface area contributed by atoms with Crippen molar-refractivity contribution in [2.45, 2.75) is 24.4 Å². The molecule has 2 rings (SSSR count). The molecular formula is C7H6BrF3N2. The lowest BCUT2D eigenvalue weighted by Crippen LogP contribution is -2.28. The molecule has 1 heterocycles. The van der Waals surface area contributed by atoms with Crippen LogP contribution in [0.25, 0.3) is 0 Å². The molecule has 1 aliphatic rings. The summed E-state index contributed by atoms with van der Waals surface area (Å²) >= 11 is 3.01. The van der Waals surface area contributed by atoms with E-state index in [9.17, 15) is 13.2 Å². The van der Waals surface area contributed by atoms with Crippen molar-refractivity contribution in [2.24, 2.45) is 0 Å². The predicted octanol–water partition coefficient (Wildman–Crippen LogP) is 2.77. The highest BCUT2D eigenvalue weighted by Gasteiger charge is 2.65. The Kier molecular flexibility index (Phi) is 1.74. The average molecular weight is 255 g/mol. The molecule has 0 aromatic carbocycles. The summed E-state index contributed by atoms with van der Waals surface area (Å²) in [7, 11) is 0. The maximum absolute atomic E-state index is 12.5. The van der Waals surface area contributed by atoms with Gasteiger partial charge in [0, 0.05) is 0 Å². The Labute approximate surface area is 80.6 Å². The Morgan fingerprint density at radius 3 is 2.38 bits per heavy atom. The van der Waals surface area contributed by atoms with Crippen LogP contribution in [0.15, 0.2) is 10.7 Å². The molecule has 0 bridgehead atoms. The van der Waals surface area contributed by atoms with Gasteiger partial charge < -0.3 is 0 Å². The minimum absolute atomic E-state index is 0.158. The smallest absolute Gasteiger partial charge is 0.281 e. The molecule has 13 heavy (non-hydrogen) atoms. The fourth-order valence-electron chi connectivity index (χ4n) is 1.37. The number of nitrogens with one attached hydrogen (secondary N) is 1. The molecule has 1 aromatic rings. The van der Waals surface area contributed by atoms with Gasteiger partial charge in [-0.15, -0.1) is 0 Å². The molecule has 1 N–H and O–H groups in total. The van der Waals surface area contributed by atoms with Crippen LogP contribution in [0.1, 0.15) is 18.5 Å². The largest absolute Gasteiger partial charge is 0.399 e. The lowest BCUT2D eigenvalue weighted by Gasteiger charge is -2.16. The number of hydrogen-bond acceptors (Lipinski definition) is 1. The summed E-state index contributed by atoms with van der Waals surface area (Å²) in [5, 5.41) is 6.03. The van der Waals surface area contributed by atoms with Crippen molar-refractivity contribution in [3.63, 3.8) is 0 Å². The number of hydrogen-bond donors (Lipinski definition) is 1. The molecular weight excluding hydrogens is 249 g/mol. The first-order chi connectivity index (χ1) is 5.96. The third kappa shape index (κ3) is 1.27. The van der Waals surface area contributed by atoms with Gasteiger partial charge in [0.25, 0.3) is 0 Å². The molecule has 0 spiro atoms. The topological polar surface area (TPSA) is 28.7 Å². The van der Waals surface area contributed by atoms with E-state index >= 15 is 0 Å². The summed E-state index contributed by atoms with van der Waals surface area (Å²) < 4.78 is 38.0. The van der Waals surface area contributed by atoms with Crippen LogP contribution in [0.2, 0.25) is 0 Å². The minimum Gasteiger partial charge on any atom is -0.281 e. The third-order valence-electron chi connectivity index (χ3n) is 2.35. The van der Waals surface area contributed by atoms with Gasteiger partial charge in [-0.2, -0.15) is 18.3 Å². The normalized spacial score (nSPS) is 20.3. The monoisotopic (exact) mass is 254 g/mol. The van der Waals surface area contributed by atoms with E-state index in [1.807, 2.05) is 0 Å². The lowest BCUT2D eigenvalue weighted by atomic mass is 10.0. The van der Waals surface area contributed by atoms with Crippen molar-refractivity contribution >= 4 is 15.9 Å². The third-order valence-corrected chi connectivity index (χ3v) is 2.76. The summed E-state index contributed by atoms with van der Waals surface area (Å²) in [5.41, 5.74) is -1.49. The van der Waals surface area contributed by atoms with Gasteiger partial charge in [-0.05, 0) is 34.8 Å². The first-order valence-corrected chi connectivity index (χ1v) is 4.53. The van der Waals surface area contributed by atoms with Crippen molar-refractivity contribution in [3.05, 3.63) is 16.4 Å². The summed E-state index contributed by atoms with van der Waals surface area (Å²) in [6, 6.07) is 1.39. The summed E-state index contributed by atoms with van der Waals surface area (Å²) in [4.78, 5) is 0. The standard InChI is InChI=1S/C7H6BrF3N2/c8-5-3-4(12-13-5)6(1-2-6)7(9,10)11/h3H,1-2H2,(H,12,13). The molecule has 1 fully saturated rings. The quantitative estimate of drug-likeness (QED) is 0.821. The number of aromatic nitrogens is 2. The molecule has 0 saturated heterocycles.